The molecule has 0 saturated carbocycles. The Labute approximate surface area is 131 Å². The van der Waals surface area contributed by atoms with Crippen LogP contribution in [-0.4, -0.2) is 29.4 Å². The van der Waals surface area contributed by atoms with E-state index in [1.165, 1.54) is 0 Å². The van der Waals surface area contributed by atoms with Gasteiger partial charge in [-0.15, -0.1) is 0 Å². The van der Waals surface area contributed by atoms with Crippen molar-refractivity contribution < 1.29 is 14.3 Å². The van der Waals surface area contributed by atoms with Crippen LogP contribution in [0.3, 0.4) is 0 Å². The summed E-state index contributed by atoms with van der Waals surface area (Å²) in [4.78, 5) is 25.0. The molecule has 0 radical (unpaired) electrons. The minimum absolute atomic E-state index is 0.0353. The molecule has 1 aliphatic rings. The summed E-state index contributed by atoms with van der Waals surface area (Å²) in [6.07, 6.45) is 7.69. The number of aldehydes is 1. The summed E-state index contributed by atoms with van der Waals surface area (Å²) >= 11 is 0. The van der Waals surface area contributed by atoms with Gasteiger partial charge in [0.1, 0.15) is 12.9 Å². The molecule has 0 bridgehead atoms. The van der Waals surface area contributed by atoms with Crippen LogP contribution in [0.2, 0.25) is 0 Å². The van der Waals surface area contributed by atoms with Crippen molar-refractivity contribution >= 4 is 12.4 Å². The van der Waals surface area contributed by atoms with Crippen LogP contribution in [0.5, 0.6) is 0 Å². The van der Waals surface area contributed by atoms with Gasteiger partial charge in [0, 0.05) is 12.5 Å². The summed E-state index contributed by atoms with van der Waals surface area (Å²) in [6.45, 7) is 2.32. The van der Waals surface area contributed by atoms with E-state index in [4.69, 9.17) is 4.74 Å². The molecule has 2 atom stereocenters. The molecular weight excluding hydrogens is 278 g/mol. The monoisotopic (exact) mass is 301 g/mol. The Morgan fingerprint density at radius 3 is 2.77 bits per heavy atom. The van der Waals surface area contributed by atoms with Crippen molar-refractivity contribution in [1.82, 2.24) is 4.90 Å². The second-order valence-corrected chi connectivity index (χ2v) is 5.48. The van der Waals surface area contributed by atoms with Gasteiger partial charge in [0.15, 0.2) is 0 Å². The standard InChI is InChI=1S/C18H23NO3/c1-2-3-9-16-10-11-17(12-13-20)19(16)18(21)22-14-15-7-5-4-6-8-15/h3-9,13,16-17H,2,10-12,14H2,1H3/b9-3-/t16-,17-/m0/s1. The van der Waals surface area contributed by atoms with Gasteiger partial charge in [-0.05, 0) is 24.8 Å². The molecule has 1 aliphatic heterocycles. The lowest BCUT2D eigenvalue weighted by molar-refractivity contribution is -0.108. The van der Waals surface area contributed by atoms with E-state index >= 15 is 0 Å². The highest BCUT2D eigenvalue weighted by atomic mass is 16.6. The van der Waals surface area contributed by atoms with E-state index in [1.807, 2.05) is 30.3 Å². The Bertz CT molecular complexity index is 512. The summed E-state index contributed by atoms with van der Waals surface area (Å²) < 4.78 is 5.44. The van der Waals surface area contributed by atoms with Crippen LogP contribution < -0.4 is 0 Å². The fraction of sp³-hybridized carbons (Fsp3) is 0.444. The molecule has 0 aliphatic carbocycles. The number of rotatable bonds is 6. The van der Waals surface area contributed by atoms with E-state index < -0.39 is 0 Å². The maximum absolute atomic E-state index is 12.4. The predicted molar refractivity (Wildman–Crippen MR) is 85.4 cm³/mol. The van der Waals surface area contributed by atoms with Gasteiger partial charge < -0.3 is 9.53 Å². The lowest BCUT2D eigenvalue weighted by atomic mass is 10.1. The zero-order valence-electron chi connectivity index (χ0n) is 13.0. The predicted octanol–water partition coefficient (Wildman–Crippen LogP) is 3.71. The number of likely N-dealkylation sites (tertiary alicyclic amines) is 1. The van der Waals surface area contributed by atoms with E-state index in [9.17, 15) is 9.59 Å². The van der Waals surface area contributed by atoms with Gasteiger partial charge in [-0.1, -0.05) is 49.4 Å². The third-order valence-electron chi connectivity index (χ3n) is 3.92. The molecular formula is C18H23NO3. The van der Waals surface area contributed by atoms with Crippen LogP contribution in [0.4, 0.5) is 4.79 Å². The zero-order valence-corrected chi connectivity index (χ0v) is 13.0. The van der Waals surface area contributed by atoms with Crippen molar-refractivity contribution in [2.24, 2.45) is 0 Å². The van der Waals surface area contributed by atoms with Crippen molar-refractivity contribution in [3.05, 3.63) is 48.0 Å². The molecule has 1 fully saturated rings. The van der Waals surface area contributed by atoms with Crippen molar-refractivity contribution in [2.45, 2.75) is 51.3 Å². The van der Waals surface area contributed by atoms with Crippen LogP contribution in [0.25, 0.3) is 0 Å². The normalized spacial score (nSPS) is 21.2. The first-order valence-electron chi connectivity index (χ1n) is 7.85. The molecule has 1 aromatic carbocycles. The molecule has 22 heavy (non-hydrogen) atoms. The van der Waals surface area contributed by atoms with E-state index in [0.29, 0.717) is 6.42 Å². The quantitative estimate of drug-likeness (QED) is 0.594. The van der Waals surface area contributed by atoms with Crippen LogP contribution >= 0.6 is 0 Å². The Balaban J connectivity index is 2.01. The largest absolute Gasteiger partial charge is 0.445 e. The highest BCUT2D eigenvalue weighted by molar-refractivity contribution is 5.70. The third kappa shape index (κ3) is 4.20. The SMILES string of the molecule is CC/C=C\[C@H]1CC[C@@H](CC=O)N1C(=O)OCc1ccccc1. The van der Waals surface area contributed by atoms with Gasteiger partial charge >= 0.3 is 6.09 Å². The van der Waals surface area contributed by atoms with Crippen LogP contribution in [0.1, 0.15) is 38.2 Å². The minimum Gasteiger partial charge on any atom is -0.445 e. The number of carbonyl (C=O) groups excluding carboxylic acids is 2. The summed E-state index contributed by atoms with van der Waals surface area (Å²) in [5, 5.41) is 0. The highest BCUT2D eigenvalue weighted by Gasteiger charge is 2.36. The third-order valence-corrected chi connectivity index (χ3v) is 3.92. The second-order valence-electron chi connectivity index (χ2n) is 5.48. The smallest absolute Gasteiger partial charge is 0.410 e. The summed E-state index contributed by atoms with van der Waals surface area (Å²) in [7, 11) is 0. The maximum Gasteiger partial charge on any atom is 0.410 e. The maximum atomic E-state index is 12.4. The van der Waals surface area contributed by atoms with Crippen LogP contribution in [0.15, 0.2) is 42.5 Å². The fourth-order valence-corrected chi connectivity index (χ4v) is 2.82. The van der Waals surface area contributed by atoms with Crippen LogP contribution in [0, 0.1) is 0 Å². The average molecular weight is 301 g/mol. The van der Waals surface area contributed by atoms with E-state index in [1.54, 1.807) is 4.90 Å². The van der Waals surface area contributed by atoms with Crippen molar-refractivity contribution in [1.29, 1.82) is 0 Å². The molecule has 1 saturated heterocycles. The molecule has 2 rings (SSSR count). The van der Waals surface area contributed by atoms with Gasteiger partial charge in [0.25, 0.3) is 0 Å². The first-order chi connectivity index (χ1) is 10.8. The van der Waals surface area contributed by atoms with E-state index in [-0.39, 0.29) is 24.8 Å². The summed E-state index contributed by atoms with van der Waals surface area (Å²) in [5.41, 5.74) is 0.961. The number of nitrogens with zero attached hydrogens (tertiary/aromatic N) is 1. The van der Waals surface area contributed by atoms with Crippen molar-refractivity contribution in [2.75, 3.05) is 0 Å². The zero-order chi connectivity index (χ0) is 15.8. The van der Waals surface area contributed by atoms with Gasteiger partial charge in [-0.3, -0.25) is 4.90 Å². The molecule has 0 N–H and O–H groups in total. The van der Waals surface area contributed by atoms with Crippen molar-refractivity contribution in [3.63, 3.8) is 0 Å². The van der Waals surface area contributed by atoms with Crippen molar-refractivity contribution in [3.8, 4) is 0 Å². The number of hydrogen-bond donors (Lipinski definition) is 0. The topological polar surface area (TPSA) is 46.6 Å². The second kappa shape index (κ2) is 8.37. The molecule has 0 spiro atoms. The molecule has 0 aromatic heterocycles. The molecule has 4 nitrogen and oxygen atoms in total. The Morgan fingerprint density at radius 2 is 2.09 bits per heavy atom. The molecule has 1 aromatic rings. The summed E-state index contributed by atoms with van der Waals surface area (Å²) in [5.74, 6) is 0. The summed E-state index contributed by atoms with van der Waals surface area (Å²) in [6, 6.07) is 9.60. The molecule has 1 heterocycles. The Morgan fingerprint density at radius 1 is 1.32 bits per heavy atom. The minimum atomic E-state index is -0.334. The highest BCUT2D eigenvalue weighted by Crippen LogP contribution is 2.28. The molecule has 0 unspecified atom stereocenters. The number of ether oxygens (including phenoxy) is 1. The molecule has 4 heteroatoms. The lowest BCUT2D eigenvalue weighted by Crippen LogP contribution is -2.41. The van der Waals surface area contributed by atoms with Gasteiger partial charge in [0.05, 0.1) is 6.04 Å². The first kappa shape index (κ1) is 16.3. The Hall–Kier alpha value is -2.10. The number of allylic oxidation sites excluding steroid dienone is 1. The van der Waals surface area contributed by atoms with Crippen LogP contribution in [-0.2, 0) is 16.1 Å². The van der Waals surface area contributed by atoms with E-state index in [2.05, 4.69) is 19.1 Å². The number of carbonyl (C=O) groups is 2. The average Bonchev–Trinajstić information content (AvgIpc) is 2.95. The number of benzene rings is 1. The molecule has 1 amide bonds. The van der Waals surface area contributed by atoms with Gasteiger partial charge in [0.2, 0.25) is 0 Å². The number of hydrogen-bond acceptors (Lipinski definition) is 3. The Kier molecular flexibility index (Phi) is 6.19. The van der Waals surface area contributed by atoms with E-state index in [0.717, 1.165) is 31.1 Å². The molecule has 118 valence electrons. The van der Waals surface area contributed by atoms with Gasteiger partial charge in [-0.2, -0.15) is 0 Å². The van der Waals surface area contributed by atoms with Gasteiger partial charge in [-0.25, -0.2) is 4.79 Å². The number of amides is 1. The lowest BCUT2D eigenvalue weighted by Gasteiger charge is -2.27. The fourth-order valence-electron chi connectivity index (χ4n) is 2.82. The first-order valence-corrected chi connectivity index (χ1v) is 7.85.